The van der Waals surface area contributed by atoms with Crippen LogP contribution in [-0.4, -0.2) is 26.4 Å². The van der Waals surface area contributed by atoms with Gasteiger partial charge in [0.1, 0.15) is 11.4 Å². The third-order valence-electron chi connectivity index (χ3n) is 4.23. The Morgan fingerprint density at radius 2 is 1.96 bits per heavy atom. The van der Waals surface area contributed by atoms with Crippen molar-refractivity contribution in [3.05, 3.63) is 54.0 Å². The number of hydrogen-bond acceptors (Lipinski definition) is 4. The maximum absolute atomic E-state index is 10.4. The summed E-state index contributed by atoms with van der Waals surface area (Å²) >= 11 is 0. The van der Waals surface area contributed by atoms with Gasteiger partial charge in [0, 0.05) is 36.6 Å². The van der Waals surface area contributed by atoms with E-state index in [-0.39, 0.29) is 18.2 Å². The second-order valence-electron chi connectivity index (χ2n) is 5.83. The third-order valence-corrected chi connectivity index (χ3v) is 4.23. The van der Waals surface area contributed by atoms with E-state index in [1.54, 1.807) is 18.5 Å². The largest absolute Gasteiger partial charge is 0.507 e. The van der Waals surface area contributed by atoms with E-state index in [1.165, 1.54) is 0 Å². The number of phenols is 1. The standard InChI is InChI=1S/C18H18N4O.ClH/c1-12-2-3-14(16(23)10-12)18-17(13-4-6-19-7-5-13)15-11-20-8-9-22(15)21-18;/h2-7,10,20,23H,8-9,11H2,1H3;1H. The van der Waals surface area contributed by atoms with Gasteiger partial charge in [0.25, 0.3) is 0 Å². The Kier molecular flexibility index (Phi) is 4.55. The minimum Gasteiger partial charge on any atom is -0.507 e. The molecule has 0 bridgehead atoms. The second-order valence-corrected chi connectivity index (χ2v) is 5.83. The number of nitrogens with one attached hydrogen (secondary N) is 1. The average Bonchev–Trinajstić information content (AvgIpc) is 2.94. The van der Waals surface area contributed by atoms with Crippen LogP contribution in [0.3, 0.4) is 0 Å². The molecular weight excluding hydrogens is 324 g/mol. The zero-order valence-electron chi connectivity index (χ0n) is 13.4. The number of halogens is 1. The van der Waals surface area contributed by atoms with Crippen LogP contribution >= 0.6 is 12.4 Å². The number of fused-ring (bicyclic) bond motifs is 1. The van der Waals surface area contributed by atoms with Crippen LogP contribution in [0.4, 0.5) is 0 Å². The molecule has 2 N–H and O–H groups in total. The maximum atomic E-state index is 10.4. The number of hydrogen-bond donors (Lipinski definition) is 2. The topological polar surface area (TPSA) is 63.0 Å². The van der Waals surface area contributed by atoms with Gasteiger partial charge in [0.05, 0.1) is 12.2 Å². The molecule has 0 saturated carbocycles. The molecule has 0 fully saturated rings. The first-order chi connectivity index (χ1) is 11.2. The Labute approximate surface area is 146 Å². The summed E-state index contributed by atoms with van der Waals surface area (Å²) < 4.78 is 2.04. The molecule has 0 radical (unpaired) electrons. The molecule has 6 heteroatoms. The number of phenolic OH excluding ortho intramolecular Hbond substituents is 1. The number of aromatic hydroxyl groups is 1. The minimum absolute atomic E-state index is 0. The van der Waals surface area contributed by atoms with E-state index >= 15 is 0 Å². The first-order valence-electron chi connectivity index (χ1n) is 7.75. The van der Waals surface area contributed by atoms with Crippen molar-refractivity contribution >= 4 is 12.4 Å². The predicted molar refractivity (Wildman–Crippen MR) is 96.3 cm³/mol. The predicted octanol–water partition coefficient (Wildman–Crippen LogP) is 3.15. The average molecular weight is 343 g/mol. The van der Waals surface area contributed by atoms with Crippen molar-refractivity contribution in [1.29, 1.82) is 0 Å². The monoisotopic (exact) mass is 342 g/mol. The number of aromatic nitrogens is 3. The van der Waals surface area contributed by atoms with Gasteiger partial charge in [-0.05, 0) is 42.3 Å². The number of pyridine rings is 1. The highest BCUT2D eigenvalue weighted by Gasteiger charge is 2.23. The van der Waals surface area contributed by atoms with Gasteiger partial charge in [-0.1, -0.05) is 6.07 Å². The lowest BCUT2D eigenvalue weighted by Gasteiger charge is -2.16. The van der Waals surface area contributed by atoms with E-state index in [9.17, 15) is 5.11 Å². The van der Waals surface area contributed by atoms with E-state index in [4.69, 9.17) is 5.10 Å². The normalized spacial score (nSPS) is 13.2. The summed E-state index contributed by atoms with van der Waals surface area (Å²) in [6, 6.07) is 9.70. The summed E-state index contributed by atoms with van der Waals surface area (Å²) in [5.41, 5.74) is 5.91. The van der Waals surface area contributed by atoms with Crippen molar-refractivity contribution in [2.45, 2.75) is 20.0 Å². The van der Waals surface area contributed by atoms with Gasteiger partial charge in [-0.3, -0.25) is 9.67 Å². The molecule has 4 rings (SSSR count). The van der Waals surface area contributed by atoms with Crippen LogP contribution in [0.1, 0.15) is 11.3 Å². The highest BCUT2D eigenvalue weighted by atomic mass is 35.5. The Hall–Kier alpha value is -2.37. The van der Waals surface area contributed by atoms with Crippen molar-refractivity contribution in [3.63, 3.8) is 0 Å². The molecule has 1 aromatic carbocycles. The second kappa shape index (κ2) is 6.63. The van der Waals surface area contributed by atoms with E-state index in [1.807, 2.05) is 35.9 Å². The maximum Gasteiger partial charge on any atom is 0.125 e. The van der Waals surface area contributed by atoms with Crippen molar-refractivity contribution < 1.29 is 5.11 Å². The van der Waals surface area contributed by atoms with Gasteiger partial charge in [-0.2, -0.15) is 5.10 Å². The van der Waals surface area contributed by atoms with Gasteiger partial charge in [-0.15, -0.1) is 12.4 Å². The molecule has 2 aromatic heterocycles. The fourth-order valence-corrected chi connectivity index (χ4v) is 3.11. The summed E-state index contributed by atoms with van der Waals surface area (Å²) in [6.07, 6.45) is 3.57. The number of rotatable bonds is 2. The molecule has 0 saturated heterocycles. The van der Waals surface area contributed by atoms with Crippen molar-refractivity contribution in [2.24, 2.45) is 0 Å². The van der Waals surface area contributed by atoms with Crippen molar-refractivity contribution in [1.82, 2.24) is 20.1 Å². The summed E-state index contributed by atoms with van der Waals surface area (Å²) in [4.78, 5) is 4.11. The van der Waals surface area contributed by atoms with Crippen LogP contribution in [0.25, 0.3) is 22.4 Å². The Bertz CT molecular complexity index is 861. The number of aryl methyl sites for hydroxylation is 1. The molecule has 1 aliphatic heterocycles. The zero-order chi connectivity index (χ0) is 15.8. The van der Waals surface area contributed by atoms with E-state index < -0.39 is 0 Å². The summed E-state index contributed by atoms with van der Waals surface area (Å²) in [6.45, 7) is 4.48. The lowest BCUT2D eigenvalue weighted by Crippen LogP contribution is -2.28. The zero-order valence-corrected chi connectivity index (χ0v) is 14.2. The third kappa shape index (κ3) is 2.77. The van der Waals surface area contributed by atoms with Gasteiger partial charge in [-0.25, -0.2) is 0 Å². The van der Waals surface area contributed by atoms with E-state index in [0.29, 0.717) is 0 Å². The number of benzene rings is 1. The van der Waals surface area contributed by atoms with Crippen molar-refractivity contribution in [3.8, 4) is 28.1 Å². The summed E-state index contributed by atoms with van der Waals surface area (Å²) in [5.74, 6) is 0.267. The fraction of sp³-hybridized carbons (Fsp3) is 0.222. The van der Waals surface area contributed by atoms with Gasteiger partial charge in [0.15, 0.2) is 0 Å². The first-order valence-corrected chi connectivity index (χ1v) is 7.75. The minimum atomic E-state index is 0. The molecule has 0 spiro atoms. The van der Waals surface area contributed by atoms with Gasteiger partial charge in [0.2, 0.25) is 0 Å². The van der Waals surface area contributed by atoms with Crippen LogP contribution in [0, 0.1) is 6.92 Å². The molecule has 5 nitrogen and oxygen atoms in total. The fourth-order valence-electron chi connectivity index (χ4n) is 3.11. The van der Waals surface area contributed by atoms with Crippen LogP contribution in [0.5, 0.6) is 5.75 Å². The molecule has 3 heterocycles. The molecule has 24 heavy (non-hydrogen) atoms. The summed E-state index contributed by atoms with van der Waals surface area (Å²) in [5, 5.41) is 18.6. The van der Waals surface area contributed by atoms with E-state index in [0.717, 1.165) is 53.3 Å². The van der Waals surface area contributed by atoms with Gasteiger partial charge < -0.3 is 10.4 Å². The lowest BCUT2D eigenvalue weighted by atomic mass is 9.98. The smallest absolute Gasteiger partial charge is 0.125 e. The molecule has 0 aliphatic carbocycles. The Morgan fingerprint density at radius 3 is 2.71 bits per heavy atom. The molecule has 0 unspecified atom stereocenters. The summed E-state index contributed by atoms with van der Waals surface area (Å²) in [7, 11) is 0. The molecule has 3 aromatic rings. The number of nitrogens with zero attached hydrogens (tertiary/aromatic N) is 3. The van der Waals surface area contributed by atoms with Crippen molar-refractivity contribution in [2.75, 3.05) is 6.54 Å². The molecule has 0 amide bonds. The molecular formula is C18H19ClN4O. The highest BCUT2D eigenvalue weighted by Crippen LogP contribution is 2.39. The van der Waals surface area contributed by atoms with Crippen LogP contribution in [0.2, 0.25) is 0 Å². The molecule has 1 aliphatic rings. The van der Waals surface area contributed by atoms with Crippen LogP contribution < -0.4 is 5.32 Å². The SMILES string of the molecule is Cc1ccc(-c2nn3c(c2-c2ccncc2)CNCC3)c(O)c1.Cl. The van der Waals surface area contributed by atoms with Crippen LogP contribution in [0.15, 0.2) is 42.7 Å². The quantitative estimate of drug-likeness (QED) is 0.751. The Morgan fingerprint density at radius 1 is 1.17 bits per heavy atom. The lowest BCUT2D eigenvalue weighted by molar-refractivity contribution is 0.472. The van der Waals surface area contributed by atoms with Crippen LogP contribution in [-0.2, 0) is 13.1 Å². The molecule has 124 valence electrons. The highest BCUT2D eigenvalue weighted by molar-refractivity contribution is 5.85. The van der Waals surface area contributed by atoms with Gasteiger partial charge >= 0.3 is 0 Å². The molecule has 0 atom stereocenters. The Balaban J connectivity index is 0.00000169. The first kappa shape index (κ1) is 16.5. The van der Waals surface area contributed by atoms with E-state index in [2.05, 4.69) is 10.3 Å².